The molecular weight excluding hydrogens is 326 g/mol. The Bertz CT molecular complexity index is 401. The van der Waals surface area contributed by atoms with Gasteiger partial charge in [-0.1, -0.05) is 40.0 Å². The van der Waals surface area contributed by atoms with Crippen LogP contribution in [0.1, 0.15) is 59.3 Å². The molecule has 0 N–H and O–H groups in total. The molecule has 146 valence electrons. The van der Waals surface area contributed by atoms with Crippen molar-refractivity contribution in [1.29, 1.82) is 0 Å². The molecule has 0 amide bonds. The van der Waals surface area contributed by atoms with Gasteiger partial charge in [0.05, 0.1) is 11.5 Å². The van der Waals surface area contributed by atoms with Crippen molar-refractivity contribution in [3.8, 4) is 0 Å². The average Bonchev–Trinajstić information content (AvgIpc) is 2.60. The van der Waals surface area contributed by atoms with Gasteiger partial charge >= 0.3 is 5.70 Å². The Morgan fingerprint density at radius 2 is 1.64 bits per heavy atom. The number of rotatable bonds is 14. The summed E-state index contributed by atoms with van der Waals surface area (Å²) in [5.41, 5.74) is -0.0811. The SMILES string of the molecule is CCCCOC[C@H]1OC=C([N+](=O)[O-])[C@@H](OCCCC)[C@H]1OCCCC. The van der Waals surface area contributed by atoms with Gasteiger partial charge in [0.2, 0.25) is 0 Å². The average molecular weight is 359 g/mol. The zero-order valence-corrected chi connectivity index (χ0v) is 15.8. The zero-order valence-electron chi connectivity index (χ0n) is 15.8. The highest BCUT2D eigenvalue weighted by molar-refractivity contribution is 5.06. The summed E-state index contributed by atoms with van der Waals surface area (Å²) >= 11 is 0. The van der Waals surface area contributed by atoms with Crippen molar-refractivity contribution >= 4 is 0 Å². The maximum Gasteiger partial charge on any atom is 0.311 e. The monoisotopic (exact) mass is 359 g/mol. The third-order valence-electron chi connectivity index (χ3n) is 4.06. The van der Waals surface area contributed by atoms with Crippen molar-refractivity contribution in [2.75, 3.05) is 26.4 Å². The molecule has 0 bridgehead atoms. The van der Waals surface area contributed by atoms with E-state index in [0.717, 1.165) is 38.5 Å². The maximum atomic E-state index is 11.4. The Kier molecular flexibility index (Phi) is 11.4. The molecule has 0 aromatic carbocycles. The van der Waals surface area contributed by atoms with Crippen molar-refractivity contribution in [3.63, 3.8) is 0 Å². The predicted molar refractivity (Wildman–Crippen MR) is 95.0 cm³/mol. The number of nitro groups is 1. The molecule has 1 rings (SSSR count). The summed E-state index contributed by atoms with van der Waals surface area (Å²) in [5.74, 6) is 0. The molecule has 7 nitrogen and oxygen atoms in total. The van der Waals surface area contributed by atoms with E-state index in [0.29, 0.717) is 26.4 Å². The van der Waals surface area contributed by atoms with Crippen molar-refractivity contribution in [2.24, 2.45) is 0 Å². The van der Waals surface area contributed by atoms with Gasteiger partial charge in [0.15, 0.2) is 18.5 Å². The van der Waals surface area contributed by atoms with Crippen LogP contribution in [0.5, 0.6) is 0 Å². The largest absolute Gasteiger partial charge is 0.486 e. The van der Waals surface area contributed by atoms with E-state index in [2.05, 4.69) is 20.8 Å². The van der Waals surface area contributed by atoms with E-state index < -0.39 is 23.2 Å². The maximum absolute atomic E-state index is 11.4. The Labute approximate surface area is 150 Å². The van der Waals surface area contributed by atoms with E-state index >= 15 is 0 Å². The first-order valence-electron chi connectivity index (χ1n) is 9.46. The van der Waals surface area contributed by atoms with E-state index in [1.54, 1.807) is 0 Å². The third kappa shape index (κ3) is 7.71. The van der Waals surface area contributed by atoms with Crippen LogP contribution in [0.4, 0.5) is 0 Å². The highest BCUT2D eigenvalue weighted by Crippen LogP contribution is 2.26. The normalized spacial score (nSPS) is 23.2. The van der Waals surface area contributed by atoms with Crippen LogP contribution in [0.2, 0.25) is 0 Å². The van der Waals surface area contributed by atoms with Crippen molar-refractivity contribution in [1.82, 2.24) is 0 Å². The highest BCUT2D eigenvalue weighted by Gasteiger charge is 2.44. The Hall–Kier alpha value is -1.18. The molecule has 0 unspecified atom stereocenters. The molecular formula is C18H33NO6. The second-order valence-electron chi connectivity index (χ2n) is 6.24. The molecule has 0 spiro atoms. The predicted octanol–water partition coefficient (Wildman–Crippen LogP) is 3.69. The van der Waals surface area contributed by atoms with Crippen LogP contribution in [0, 0.1) is 10.1 Å². The summed E-state index contributed by atoms with van der Waals surface area (Å²) in [6, 6.07) is 0. The van der Waals surface area contributed by atoms with E-state index in [1.807, 2.05) is 0 Å². The first-order valence-corrected chi connectivity index (χ1v) is 9.46. The standard InChI is InChI=1S/C18H33NO6/c1-4-7-10-22-14-16-18(24-12-9-6-3)17(23-11-8-5-2)15(13-25-16)19(20)21/h13,16-18H,4-12,14H2,1-3H3/t16-,17-,18+/m1/s1. The van der Waals surface area contributed by atoms with E-state index in [9.17, 15) is 10.1 Å². The van der Waals surface area contributed by atoms with E-state index in [1.165, 1.54) is 6.26 Å². The van der Waals surface area contributed by atoms with Crippen LogP contribution in [0.3, 0.4) is 0 Å². The van der Waals surface area contributed by atoms with E-state index in [4.69, 9.17) is 18.9 Å². The van der Waals surface area contributed by atoms with Gasteiger partial charge in [-0.15, -0.1) is 0 Å². The Morgan fingerprint density at radius 3 is 2.24 bits per heavy atom. The molecule has 0 radical (unpaired) electrons. The van der Waals surface area contributed by atoms with Gasteiger partial charge in [0.25, 0.3) is 0 Å². The fourth-order valence-electron chi connectivity index (χ4n) is 2.49. The quantitative estimate of drug-likeness (QED) is 0.267. The molecule has 0 saturated carbocycles. The fourth-order valence-corrected chi connectivity index (χ4v) is 2.49. The first kappa shape index (κ1) is 21.9. The van der Waals surface area contributed by atoms with Crippen LogP contribution >= 0.6 is 0 Å². The minimum Gasteiger partial charge on any atom is -0.486 e. The van der Waals surface area contributed by atoms with Crippen LogP contribution < -0.4 is 0 Å². The van der Waals surface area contributed by atoms with Gasteiger partial charge in [-0.3, -0.25) is 10.1 Å². The third-order valence-corrected chi connectivity index (χ3v) is 4.06. The number of nitrogens with zero attached hydrogens (tertiary/aromatic N) is 1. The number of hydrogen-bond donors (Lipinski definition) is 0. The summed E-state index contributed by atoms with van der Waals surface area (Å²) < 4.78 is 23.0. The number of ether oxygens (including phenoxy) is 4. The minimum atomic E-state index is -0.730. The Balaban J connectivity index is 2.81. The van der Waals surface area contributed by atoms with Gasteiger partial charge in [-0.2, -0.15) is 0 Å². The van der Waals surface area contributed by atoms with Gasteiger partial charge in [0, 0.05) is 19.8 Å². The second kappa shape index (κ2) is 13.1. The lowest BCUT2D eigenvalue weighted by atomic mass is 10.0. The second-order valence-corrected chi connectivity index (χ2v) is 6.24. The molecule has 1 aliphatic rings. The van der Waals surface area contributed by atoms with Crippen LogP contribution in [-0.2, 0) is 18.9 Å². The van der Waals surface area contributed by atoms with Crippen molar-refractivity contribution in [2.45, 2.75) is 77.6 Å². The van der Waals surface area contributed by atoms with E-state index in [-0.39, 0.29) is 5.70 Å². The van der Waals surface area contributed by atoms with Crippen LogP contribution in [0.15, 0.2) is 12.0 Å². The summed E-state index contributed by atoms with van der Waals surface area (Å²) in [6.07, 6.45) is 5.25. The molecule has 3 atom stereocenters. The molecule has 0 aliphatic carbocycles. The molecule has 0 saturated heterocycles. The lowest BCUT2D eigenvalue weighted by molar-refractivity contribution is -0.446. The Morgan fingerprint density at radius 1 is 1.04 bits per heavy atom. The van der Waals surface area contributed by atoms with Crippen LogP contribution in [0.25, 0.3) is 0 Å². The smallest absolute Gasteiger partial charge is 0.311 e. The van der Waals surface area contributed by atoms with Gasteiger partial charge in [-0.25, -0.2) is 0 Å². The molecule has 0 fully saturated rings. The molecule has 1 heterocycles. The zero-order chi connectivity index (χ0) is 18.5. The molecule has 0 aromatic rings. The van der Waals surface area contributed by atoms with Gasteiger partial charge in [0.1, 0.15) is 6.10 Å². The number of unbranched alkanes of at least 4 members (excludes halogenated alkanes) is 3. The van der Waals surface area contributed by atoms with Gasteiger partial charge in [-0.05, 0) is 19.3 Å². The van der Waals surface area contributed by atoms with Crippen molar-refractivity contribution in [3.05, 3.63) is 22.1 Å². The molecule has 7 heteroatoms. The van der Waals surface area contributed by atoms with Crippen molar-refractivity contribution < 1.29 is 23.9 Å². The lowest BCUT2D eigenvalue weighted by Crippen LogP contribution is -2.49. The fraction of sp³-hybridized carbons (Fsp3) is 0.889. The van der Waals surface area contributed by atoms with Crippen LogP contribution in [-0.4, -0.2) is 49.7 Å². The lowest BCUT2D eigenvalue weighted by Gasteiger charge is -2.34. The highest BCUT2D eigenvalue weighted by atomic mass is 16.6. The molecule has 1 aliphatic heterocycles. The molecule has 0 aromatic heterocycles. The minimum absolute atomic E-state index is 0.0811. The first-order chi connectivity index (χ1) is 12.2. The number of hydrogen-bond acceptors (Lipinski definition) is 6. The topological polar surface area (TPSA) is 80.1 Å². The summed E-state index contributed by atoms with van der Waals surface area (Å²) in [7, 11) is 0. The summed E-state index contributed by atoms with van der Waals surface area (Å²) in [4.78, 5) is 10.9. The van der Waals surface area contributed by atoms with Gasteiger partial charge < -0.3 is 18.9 Å². The summed E-state index contributed by atoms with van der Waals surface area (Å²) in [5, 5.41) is 11.4. The molecule has 25 heavy (non-hydrogen) atoms. The summed E-state index contributed by atoms with van der Waals surface area (Å²) in [6.45, 7) is 8.19.